The number of aryl methyl sites for hydroxylation is 2. The molecule has 1 atom stereocenters. The van der Waals surface area contributed by atoms with Gasteiger partial charge >= 0.3 is 11.9 Å². The lowest BCUT2D eigenvalue weighted by atomic mass is 10.1. The number of aromatic nitrogens is 3. The topological polar surface area (TPSA) is 180 Å². The van der Waals surface area contributed by atoms with Crippen LogP contribution in [-0.4, -0.2) is 48.6 Å². The summed E-state index contributed by atoms with van der Waals surface area (Å²) >= 11 is 1.30. The molecule has 3 aromatic rings. The van der Waals surface area contributed by atoms with Crippen LogP contribution in [0.4, 0.5) is 5.82 Å². The Labute approximate surface area is 173 Å². The van der Waals surface area contributed by atoms with Crippen molar-refractivity contribution in [3.8, 4) is 0 Å². The van der Waals surface area contributed by atoms with Gasteiger partial charge in [0.15, 0.2) is 0 Å². The molecule has 1 amide bonds. The molecule has 0 spiro atoms. The number of aliphatic carboxylic acids is 2. The summed E-state index contributed by atoms with van der Waals surface area (Å²) in [7, 11) is 0. The number of H-pyrrole nitrogens is 1. The number of nitrogens with one attached hydrogen (secondary N) is 2. The van der Waals surface area contributed by atoms with Crippen molar-refractivity contribution in [2.24, 2.45) is 0 Å². The highest BCUT2D eigenvalue weighted by Gasteiger charge is 2.22. The minimum atomic E-state index is -1.30. The number of nitrogens with zero attached hydrogens (tertiary/aromatic N) is 2. The van der Waals surface area contributed by atoms with Gasteiger partial charge in [-0.3, -0.25) is 19.0 Å². The molecule has 30 heavy (non-hydrogen) atoms. The lowest BCUT2D eigenvalue weighted by Gasteiger charge is -2.12. The fourth-order valence-corrected chi connectivity index (χ4v) is 3.71. The number of thiophene rings is 1. The van der Waals surface area contributed by atoms with E-state index >= 15 is 0 Å². The number of anilines is 1. The van der Waals surface area contributed by atoms with E-state index in [-0.39, 0.29) is 24.0 Å². The largest absolute Gasteiger partial charge is 0.481 e. The molecule has 0 aromatic carbocycles. The van der Waals surface area contributed by atoms with Crippen LogP contribution in [0.1, 0.15) is 28.1 Å². The predicted octanol–water partition coefficient (Wildman–Crippen LogP) is 0.659. The summed E-state index contributed by atoms with van der Waals surface area (Å²) in [6.07, 6.45) is 1.30. The number of fused-ring (bicyclic) bond motifs is 1. The molecule has 3 aromatic heterocycles. The van der Waals surface area contributed by atoms with Gasteiger partial charge in [-0.05, 0) is 25.0 Å². The Bertz CT molecular complexity index is 1160. The summed E-state index contributed by atoms with van der Waals surface area (Å²) in [5.41, 5.74) is 6.11. The molecule has 0 fully saturated rings. The number of carbonyl (C=O) groups excluding carboxylic acids is 1. The molecule has 0 aliphatic heterocycles. The summed E-state index contributed by atoms with van der Waals surface area (Å²) in [6.45, 7) is 0.338. The molecule has 0 aliphatic carbocycles. The second-order valence-electron chi connectivity index (χ2n) is 6.58. The standard InChI is InChI=1S/C18H19N5O6S/c19-13-6-11-15(22-13)20-8-23(17(11)27)4-3-10-5-9(7-30-10)16(26)21-12(18(28)29)1-2-14(24)25/h5-8,12,22H,1-4,19H2,(H,21,26)(H,24,25)(H,28,29)/t12-/m0/s1. The minimum Gasteiger partial charge on any atom is -0.481 e. The van der Waals surface area contributed by atoms with Crippen molar-refractivity contribution in [1.29, 1.82) is 0 Å². The van der Waals surface area contributed by atoms with Crippen LogP contribution in [-0.2, 0) is 22.6 Å². The molecule has 0 radical (unpaired) electrons. The Balaban J connectivity index is 1.64. The van der Waals surface area contributed by atoms with Gasteiger partial charge < -0.3 is 26.2 Å². The third kappa shape index (κ3) is 4.84. The van der Waals surface area contributed by atoms with E-state index < -0.39 is 23.9 Å². The summed E-state index contributed by atoms with van der Waals surface area (Å²) in [5.74, 6) is -2.69. The molecule has 0 bridgehead atoms. The molecule has 3 rings (SSSR count). The van der Waals surface area contributed by atoms with Gasteiger partial charge in [0.2, 0.25) is 0 Å². The van der Waals surface area contributed by atoms with E-state index in [4.69, 9.17) is 15.9 Å². The zero-order chi connectivity index (χ0) is 21.8. The summed E-state index contributed by atoms with van der Waals surface area (Å²) in [6, 6.07) is 1.85. The first-order valence-corrected chi connectivity index (χ1v) is 9.79. The van der Waals surface area contributed by atoms with E-state index in [1.165, 1.54) is 28.3 Å². The van der Waals surface area contributed by atoms with Crippen LogP contribution in [0, 0.1) is 0 Å². The molecule has 0 unspecified atom stereocenters. The van der Waals surface area contributed by atoms with Crippen LogP contribution in [0.3, 0.4) is 0 Å². The van der Waals surface area contributed by atoms with Crippen molar-refractivity contribution in [2.45, 2.75) is 31.8 Å². The quantitative estimate of drug-likeness (QED) is 0.326. The van der Waals surface area contributed by atoms with Crippen molar-refractivity contribution in [2.75, 3.05) is 5.73 Å². The molecule has 0 saturated carbocycles. The highest BCUT2D eigenvalue weighted by atomic mass is 32.1. The highest BCUT2D eigenvalue weighted by Crippen LogP contribution is 2.17. The van der Waals surface area contributed by atoms with Gasteiger partial charge in [0.25, 0.3) is 11.5 Å². The van der Waals surface area contributed by atoms with Crippen LogP contribution in [0.2, 0.25) is 0 Å². The normalized spacial score (nSPS) is 12.0. The third-order valence-electron chi connectivity index (χ3n) is 4.40. The van der Waals surface area contributed by atoms with Gasteiger partial charge in [0.05, 0.1) is 17.3 Å². The zero-order valence-corrected chi connectivity index (χ0v) is 16.4. The number of nitrogens with two attached hydrogens (primary N) is 1. The van der Waals surface area contributed by atoms with Gasteiger partial charge in [-0.15, -0.1) is 11.3 Å². The number of carbonyl (C=O) groups is 3. The Morgan fingerprint density at radius 1 is 1.30 bits per heavy atom. The van der Waals surface area contributed by atoms with E-state index in [2.05, 4.69) is 15.3 Å². The number of hydrogen-bond acceptors (Lipinski definition) is 7. The van der Waals surface area contributed by atoms with E-state index in [0.29, 0.717) is 29.8 Å². The number of rotatable bonds is 9. The van der Waals surface area contributed by atoms with E-state index in [1.807, 2.05) is 0 Å². The van der Waals surface area contributed by atoms with Crippen LogP contribution in [0.15, 0.2) is 28.6 Å². The first-order chi connectivity index (χ1) is 14.2. The van der Waals surface area contributed by atoms with Gasteiger partial charge in [0.1, 0.15) is 17.5 Å². The molecule has 0 aliphatic rings. The Morgan fingerprint density at radius 2 is 2.07 bits per heavy atom. The van der Waals surface area contributed by atoms with Gasteiger partial charge in [-0.2, -0.15) is 0 Å². The summed E-state index contributed by atoms with van der Waals surface area (Å²) in [5, 5.41) is 22.1. The van der Waals surface area contributed by atoms with Crippen molar-refractivity contribution in [1.82, 2.24) is 19.9 Å². The van der Waals surface area contributed by atoms with Gasteiger partial charge in [-0.1, -0.05) is 0 Å². The Kier molecular flexibility index (Phi) is 6.16. The second kappa shape index (κ2) is 8.78. The minimum absolute atomic E-state index is 0.213. The monoisotopic (exact) mass is 433 g/mol. The maximum Gasteiger partial charge on any atom is 0.326 e. The molecular weight excluding hydrogens is 414 g/mol. The molecule has 6 N–H and O–H groups in total. The molecule has 158 valence electrons. The first-order valence-electron chi connectivity index (χ1n) is 8.91. The number of nitrogen functional groups attached to an aromatic ring is 1. The van der Waals surface area contributed by atoms with Crippen LogP contribution in [0.25, 0.3) is 11.0 Å². The number of amides is 1. The second-order valence-corrected chi connectivity index (χ2v) is 7.57. The van der Waals surface area contributed by atoms with Crippen molar-refractivity contribution in [3.63, 3.8) is 0 Å². The van der Waals surface area contributed by atoms with Crippen molar-refractivity contribution < 1.29 is 24.6 Å². The summed E-state index contributed by atoms with van der Waals surface area (Å²) in [4.78, 5) is 54.4. The molecule has 12 heteroatoms. The SMILES string of the molecule is Nc1cc2c(=O)n(CCc3cc(C(=O)N[C@@H](CCC(=O)O)C(=O)O)cs3)cnc2[nH]1. The van der Waals surface area contributed by atoms with Crippen LogP contribution >= 0.6 is 11.3 Å². The number of carboxylic acid groups (broad SMARTS) is 2. The van der Waals surface area contributed by atoms with Crippen LogP contribution in [0.5, 0.6) is 0 Å². The number of hydrogen-bond donors (Lipinski definition) is 5. The maximum atomic E-state index is 12.5. The Hall–Kier alpha value is -3.67. The average molecular weight is 433 g/mol. The third-order valence-corrected chi connectivity index (χ3v) is 5.40. The number of aromatic amines is 1. The van der Waals surface area contributed by atoms with Crippen molar-refractivity contribution in [3.05, 3.63) is 44.6 Å². The lowest BCUT2D eigenvalue weighted by Crippen LogP contribution is -2.41. The van der Waals surface area contributed by atoms with Gasteiger partial charge in [0, 0.05) is 23.2 Å². The Morgan fingerprint density at radius 3 is 2.77 bits per heavy atom. The summed E-state index contributed by atoms with van der Waals surface area (Å²) < 4.78 is 1.45. The average Bonchev–Trinajstić information content (AvgIpc) is 3.30. The first kappa shape index (κ1) is 21.0. The fourth-order valence-electron chi connectivity index (χ4n) is 2.85. The van der Waals surface area contributed by atoms with Gasteiger partial charge in [-0.25, -0.2) is 9.78 Å². The van der Waals surface area contributed by atoms with E-state index in [9.17, 15) is 19.2 Å². The maximum absolute atomic E-state index is 12.5. The molecule has 11 nitrogen and oxygen atoms in total. The zero-order valence-electron chi connectivity index (χ0n) is 15.6. The smallest absolute Gasteiger partial charge is 0.326 e. The molecule has 0 saturated heterocycles. The predicted molar refractivity (Wildman–Crippen MR) is 109 cm³/mol. The molecule has 3 heterocycles. The number of carboxylic acids is 2. The van der Waals surface area contributed by atoms with Crippen molar-refractivity contribution >= 4 is 46.0 Å². The van der Waals surface area contributed by atoms with E-state index in [0.717, 1.165) is 4.88 Å². The fraction of sp³-hybridized carbons (Fsp3) is 0.278. The van der Waals surface area contributed by atoms with Crippen LogP contribution < -0.4 is 16.6 Å². The van der Waals surface area contributed by atoms with E-state index in [1.54, 1.807) is 11.4 Å². The molecular formula is C18H19N5O6S. The highest BCUT2D eigenvalue weighted by molar-refractivity contribution is 7.10. The lowest BCUT2D eigenvalue weighted by molar-refractivity contribution is -0.140.